The first-order valence-electron chi connectivity index (χ1n) is 29.5. The number of nitrogens with zero attached hydrogens (tertiary/aromatic N) is 2. The number of carbonyl (C=O) groups is 4. The molecule has 0 bridgehead atoms. The maximum absolute atomic E-state index is 15.9. The fourth-order valence-corrected chi connectivity index (χ4v) is 12.8. The predicted molar refractivity (Wildman–Crippen MR) is 303 cm³/mol. The number of esters is 2. The third-order valence-electron chi connectivity index (χ3n) is 17.1. The third kappa shape index (κ3) is 18.2. The van der Waals surface area contributed by atoms with E-state index in [0.29, 0.717) is 12.8 Å². The number of ether oxygens (including phenoxy) is 10. The molecule has 0 aromatic heterocycles. The molecule has 1 unspecified atom stereocenters. The number of hydrogen-bond acceptors (Lipinski definition) is 19. The largest absolute Gasteiger partial charge is 0.461 e. The van der Waals surface area contributed by atoms with Crippen molar-refractivity contribution in [2.24, 2.45) is 52.5 Å². The summed E-state index contributed by atoms with van der Waals surface area (Å²) in [6.45, 7) is 23.1. The number of alkyl carbamates (subject to hydrolysis) is 1. The Morgan fingerprint density at radius 2 is 1.55 bits per heavy atom. The molecule has 22 atom stereocenters. The molecular weight excluding hydrogens is 1130 g/mol. The highest BCUT2D eigenvalue weighted by molar-refractivity contribution is 6.31. The molecule has 480 valence electrons. The van der Waals surface area contributed by atoms with E-state index in [1.54, 1.807) is 41.5 Å². The Balaban J connectivity index is 1.71. The van der Waals surface area contributed by atoms with Crippen LogP contribution in [0.5, 0.6) is 0 Å². The molecule has 84 heavy (non-hydrogen) atoms. The lowest BCUT2D eigenvalue weighted by molar-refractivity contribution is -0.305. The first kappa shape index (κ1) is 71.0. The number of oxime groups is 1. The number of halogens is 4. The van der Waals surface area contributed by atoms with Crippen molar-refractivity contribution >= 4 is 41.1 Å². The summed E-state index contributed by atoms with van der Waals surface area (Å²) in [5.74, 6) is -7.92. The van der Waals surface area contributed by atoms with E-state index in [1.165, 1.54) is 41.2 Å². The number of ketones is 1. The highest BCUT2D eigenvalue weighted by Crippen LogP contribution is 2.41. The summed E-state index contributed by atoms with van der Waals surface area (Å²) in [4.78, 5) is 67.1. The molecule has 5 rings (SSSR count). The minimum absolute atomic E-state index is 0.0270. The molecule has 1 aromatic carbocycles. The molecular formula is C60H95ClF3N3O17. The number of rotatable bonds is 17. The van der Waals surface area contributed by atoms with E-state index in [1.807, 2.05) is 20.8 Å². The fourth-order valence-electron chi connectivity index (χ4n) is 12.6. The number of aliphatic hydroxyl groups is 2. The standard InChI is InChI=1S/C60H95ClF3N3O17/c1-29(2)20-45(68)81-50-36(9)49(32(5)28-77-57-53(75-16)52(74-15)46(69)39(12)79-57)82-55(72)38(11)51(80-41-21-30(3)27-67(14)33(6)22-41)35(8)48(83-56-47(70)44(66-76-17)23-34(7)78-56)31(4)25-59(13,54(71)37(50)10)84-58(73)65-26-40-18-19-43(61)42(24-40)60(62,63)64/h18-19,24,29-39,41,46-53,56-57,69-70H,20-23,25-28H2,1-17H3,(H,65,73)/t30-,31+,32+,33+,34-,35-,36+,37-,38-,39-,41-,46-,47-,48+,49?,50-,51+,52-,53-,56+,57-,59+/m1/s1. The van der Waals surface area contributed by atoms with E-state index in [4.69, 9.17) is 63.8 Å². The summed E-state index contributed by atoms with van der Waals surface area (Å²) in [5, 5.41) is 28.8. The van der Waals surface area contributed by atoms with Gasteiger partial charge in [-0.05, 0) is 96.4 Å². The molecule has 0 saturated carbocycles. The van der Waals surface area contributed by atoms with Crippen LogP contribution in [-0.4, -0.2) is 178 Å². The number of methoxy groups -OCH3 is 2. The summed E-state index contributed by atoms with van der Waals surface area (Å²) >= 11 is 5.92. The Labute approximate surface area is 499 Å². The van der Waals surface area contributed by atoms with Crippen LogP contribution in [-0.2, 0) is 79.3 Å². The molecule has 4 aliphatic rings. The number of cyclic esters (lactones) is 1. The maximum Gasteiger partial charge on any atom is 0.417 e. The van der Waals surface area contributed by atoms with Crippen molar-refractivity contribution in [2.45, 2.75) is 226 Å². The van der Waals surface area contributed by atoms with Crippen molar-refractivity contribution in [1.82, 2.24) is 10.2 Å². The lowest BCUT2D eigenvalue weighted by Gasteiger charge is -2.45. The Morgan fingerprint density at radius 1 is 0.881 bits per heavy atom. The second-order valence-electron chi connectivity index (χ2n) is 24.9. The van der Waals surface area contributed by atoms with Crippen molar-refractivity contribution in [3.05, 3.63) is 34.3 Å². The smallest absolute Gasteiger partial charge is 0.417 e. The van der Waals surface area contributed by atoms with E-state index in [9.17, 15) is 33.0 Å². The highest BCUT2D eigenvalue weighted by Gasteiger charge is 2.53. The summed E-state index contributed by atoms with van der Waals surface area (Å²) in [7, 11) is 6.25. The average Bonchev–Trinajstić information content (AvgIpc) is 3.73. The number of nitrogens with one attached hydrogen (secondary N) is 1. The summed E-state index contributed by atoms with van der Waals surface area (Å²) < 4.78 is 106. The molecule has 0 aliphatic carbocycles. The minimum atomic E-state index is -4.80. The van der Waals surface area contributed by atoms with Crippen LogP contribution in [0.25, 0.3) is 0 Å². The first-order valence-corrected chi connectivity index (χ1v) is 29.8. The van der Waals surface area contributed by atoms with E-state index in [0.717, 1.165) is 18.7 Å². The molecule has 4 fully saturated rings. The van der Waals surface area contributed by atoms with Gasteiger partial charge in [-0.1, -0.05) is 78.2 Å². The Morgan fingerprint density at radius 3 is 2.17 bits per heavy atom. The highest BCUT2D eigenvalue weighted by atomic mass is 35.5. The average molecular weight is 1220 g/mol. The van der Waals surface area contributed by atoms with Gasteiger partial charge in [0.2, 0.25) is 0 Å². The second kappa shape index (κ2) is 30.9. The summed E-state index contributed by atoms with van der Waals surface area (Å²) in [6, 6.07) is 3.25. The zero-order valence-corrected chi connectivity index (χ0v) is 52.8. The summed E-state index contributed by atoms with van der Waals surface area (Å²) in [5.41, 5.74) is -3.00. The lowest BCUT2D eigenvalue weighted by atomic mass is 9.74. The van der Waals surface area contributed by atoms with Crippen LogP contribution >= 0.6 is 11.6 Å². The molecule has 4 saturated heterocycles. The van der Waals surface area contributed by atoms with E-state index >= 15 is 9.59 Å². The topological polar surface area (TPSA) is 238 Å². The Bertz CT molecular complexity index is 2360. The van der Waals surface area contributed by atoms with Crippen molar-refractivity contribution in [1.29, 1.82) is 0 Å². The third-order valence-corrected chi connectivity index (χ3v) is 17.5. The van der Waals surface area contributed by atoms with Gasteiger partial charge in [-0.3, -0.25) is 14.4 Å². The molecule has 0 spiro atoms. The van der Waals surface area contributed by atoms with Gasteiger partial charge in [0, 0.05) is 63.9 Å². The first-order chi connectivity index (χ1) is 39.2. The number of hydrogen-bond donors (Lipinski definition) is 3. The van der Waals surface area contributed by atoms with Crippen LogP contribution in [0, 0.1) is 47.3 Å². The normalized spacial score (nSPS) is 38.1. The molecule has 1 aromatic rings. The van der Waals surface area contributed by atoms with E-state index in [-0.39, 0.29) is 55.0 Å². The lowest BCUT2D eigenvalue weighted by Crippen LogP contribution is -2.59. The van der Waals surface area contributed by atoms with Crippen molar-refractivity contribution in [3.63, 3.8) is 0 Å². The number of benzene rings is 1. The zero-order valence-electron chi connectivity index (χ0n) is 52.0. The van der Waals surface area contributed by atoms with Gasteiger partial charge >= 0.3 is 24.2 Å². The van der Waals surface area contributed by atoms with Crippen LogP contribution in [0.3, 0.4) is 0 Å². The van der Waals surface area contributed by atoms with Gasteiger partial charge in [-0.2, -0.15) is 13.2 Å². The molecule has 0 radical (unpaired) electrons. The van der Waals surface area contributed by atoms with Gasteiger partial charge in [-0.15, -0.1) is 0 Å². The van der Waals surface area contributed by atoms with Gasteiger partial charge in [-0.25, -0.2) is 4.79 Å². The van der Waals surface area contributed by atoms with Crippen molar-refractivity contribution in [2.75, 3.05) is 41.5 Å². The van der Waals surface area contributed by atoms with Gasteiger partial charge in [0.25, 0.3) is 0 Å². The van der Waals surface area contributed by atoms with Crippen LogP contribution in [0.1, 0.15) is 133 Å². The second-order valence-corrected chi connectivity index (χ2v) is 25.3. The number of carbonyl (C=O) groups excluding carboxylic acids is 4. The minimum Gasteiger partial charge on any atom is -0.461 e. The fraction of sp³-hybridized carbons (Fsp3) is 0.817. The molecule has 1 amide bonds. The number of aliphatic hydroxyl groups excluding tert-OH is 2. The van der Waals surface area contributed by atoms with Crippen LogP contribution < -0.4 is 5.32 Å². The molecule has 24 heteroatoms. The molecule has 4 aliphatic heterocycles. The van der Waals surface area contributed by atoms with Gasteiger partial charge in [0.1, 0.15) is 43.7 Å². The van der Waals surface area contributed by atoms with Gasteiger partial charge < -0.3 is 72.6 Å². The number of alkyl halides is 3. The van der Waals surface area contributed by atoms with Gasteiger partial charge in [0.15, 0.2) is 24.0 Å². The molecule has 3 N–H and O–H groups in total. The van der Waals surface area contributed by atoms with Crippen molar-refractivity contribution in [3.8, 4) is 0 Å². The Hall–Kier alpha value is -3.75. The van der Waals surface area contributed by atoms with Crippen LogP contribution in [0.15, 0.2) is 23.4 Å². The van der Waals surface area contributed by atoms with E-state index < -0.39 is 168 Å². The number of amides is 1. The quantitative estimate of drug-likeness (QED) is 0.0752. The molecule has 20 nitrogen and oxygen atoms in total. The monoisotopic (exact) mass is 1220 g/mol. The van der Waals surface area contributed by atoms with E-state index in [2.05, 4.69) is 36.3 Å². The molecule has 4 heterocycles. The zero-order chi connectivity index (χ0) is 62.9. The van der Waals surface area contributed by atoms with Crippen LogP contribution in [0.4, 0.5) is 18.0 Å². The Kier molecular flexibility index (Phi) is 26.1. The maximum atomic E-state index is 15.9. The SMILES string of the molecule is CON=C1C[C@@H](C)O[C@@H](O[C@@H]2[C@@H](C)[C@H](O[C@@H]3C[C@@H](C)CN(C)[C@@H](C)C3)[C@@H](C)C(=O)OC([C@@H](C)CO[C@@H]3O[C@H](C)[C@@H](O)[C@@H](OC)[C@H]3OC)[C@H](C)[C@@H](OC(=O)CC(C)C)[C@@H](C)C(=O)[C@@](C)(OC(=O)NCc3ccc(Cl)c(C(F)(F)F)c3)C[C@@H]2C)[C@@H]1O. The van der Waals surface area contributed by atoms with Crippen molar-refractivity contribution < 1.29 is 94.8 Å². The predicted octanol–water partition coefficient (Wildman–Crippen LogP) is 8.54. The summed E-state index contributed by atoms with van der Waals surface area (Å²) in [6.07, 6.45) is -18.0. The van der Waals surface area contributed by atoms with Crippen LogP contribution in [0.2, 0.25) is 5.02 Å². The van der Waals surface area contributed by atoms with Gasteiger partial charge in [0.05, 0.1) is 65.3 Å². The number of Topliss-reactive ketones (excluding diaryl/α,β-unsaturated/α-hetero) is 1. The number of likely N-dealkylation sites (tertiary alicyclic amines) is 1.